The van der Waals surface area contributed by atoms with Crippen molar-refractivity contribution in [3.8, 4) is 0 Å². The summed E-state index contributed by atoms with van der Waals surface area (Å²) in [6, 6.07) is 38.8. The summed E-state index contributed by atoms with van der Waals surface area (Å²) in [5, 5.41) is 13.1. The number of anilines is 4. The molecule has 4 nitrogen and oxygen atoms in total. The first-order chi connectivity index (χ1) is 28.0. The van der Waals surface area contributed by atoms with Crippen molar-refractivity contribution in [1.82, 2.24) is 9.97 Å². The van der Waals surface area contributed by atoms with Crippen LogP contribution >= 0.6 is 23.2 Å². The zero-order chi connectivity index (χ0) is 43.9. The lowest BCUT2D eigenvalue weighted by Gasteiger charge is -2.20. The number of aromatic nitrogens is 2. The van der Waals surface area contributed by atoms with Crippen molar-refractivity contribution >= 4 is 89.6 Å². The Balaban J connectivity index is 0.000000194. The molecule has 314 valence electrons. The SMILES string of the molecule is CC.CC(C)(C)c1ccc(Nc2cc(Cl)c(Nc3ccc(C(C)(C)C)cc3)cc2Cl)cc1.CC(C)(C)c1ccc2[nH]c3cc4c(cc3c2c1)[nH]c1ccc(C(C)(C)C)cc14. The molecule has 8 aromatic rings. The summed E-state index contributed by atoms with van der Waals surface area (Å²) in [5.41, 5.74) is 14.2. The average molecular weight is 840 g/mol. The largest absolute Gasteiger partial charge is 0.354 e. The molecule has 6 heteroatoms. The second-order valence-corrected chi connectivity index (χ2v) is 20.7. The number of hydrogen-bond acceptors (Lipinski definition) is 2. The fourth-order valence-electron chi connectivity index (χ4n) is 7.38. The predicted molar refractivity (Wildman–Crippen MR) is 267 cm³/mol. The summed E-state index contributed by atoms with van der Waals surface area (Å²) in [5.74, 6) is 0. The Morgan fingerprint density at radius 1 is 0.350 bits per heavy atom. The van der Waals surface area contributed by atoms with E-state index in [9.17, 15) is 0 Å². The molecule has 60 heavy (non-hydrogen) atoms. The molecule has 0 radical (unpaired) electrons. The summed E-state index contributed by atoms with van der Waals surface area (Å²) in [6.45, 7) is 30.8. The van der Waals surface area contributed by atoms with Gasteiger partial charge >= 0.3 is 0 Å². The molecule has 0 fully saturated rings. The molecule has 6 aromatic carbocycles. The number of halogens is 2. The van der Waals surface area contributed by atoms with Gasteiger partial charge in [0.2, 0.25) is 0 Å². The van der Waals surface area contributed by atoms with Gasteiger partial charge in [-0.05, 0) is 117 Å². The fourth-order valence-corrected chi connectivity index (χ4v) is 7.81. The highest BCUT2D eigenvalue weighted by molar-refractivity contribution is 6.37. The van der Waals surface area contributed by atoms with E-state index in [4.69, 9.17) is 23.2 Å². The van der Waals surface area contributed by atoms with Gasteiger partial charge in [0.05, 0.1) is 21.4 Å². The molecule has 2 heterocycles. The molecule has 0 aliphatic heterocycles. The van der Waals surface area contributed by atoms with Crippen LogP contribution in [0.25, 0.3) is 43.6 Å². The molecule has 0 atom stereocenters. The summed E-state index contributed by atoms with van der Waals surface area (Å²) < 4.78 is 0. The highest BCUT2D eigenvalue weighted by Gasteiger charge is 2.19. The molecule has 0 saturated heterocycles. The lowest BCUT2D eigenvalue weighted by molar-refractivity contribution is 0.590. The van der Waals surface area contributed by atoms with Crippen LogP contribution in [0.3, 0.4) is 0 Å². The fraction of sp³-hybridized carbons (Fsp3) is 0.333. The van der Waals surface area contributed by atoms with E-state index in [0.29, 0.717) is 10.0 Å². The van der Waals surface area contributed by atoms with Crippen LogP contribution in [0.4, 0.5) is 22.7 Å². The average Bonchev–Trinajstić information content (AvgIpc) is 3.72. The van der Waals surface area contributed by atoms with E-state index < -0.39 is 0 Å². The molecule has 0 spiro atoms. The van der Waals surface area contributed by atoms with Crippen molar-refractivity contribution in [2.24, 2.45) is 0 Å². The molecule has 0 saturated carbocycles. The van der Waals surface area contributed by atoms with E-state index in [-0.39, 0.29) is 21.7 Å². The van der Waals surface area contributed by atoms with E-state index in [1.165, 1.54) is 65.9 Å². The molecule has 0 amide bonds. The molecule has 0 bridgehead atoms. The Bertz CT molecular complexity index is 2570. The molecule has 0 unspecified atom stereocenters. The highest BCUT2D eigenvalue weighted by Crippen LogP contribution is 2.38. The number of nitrogens with one attached hydrogen (secondary N) is 4. The molecule has 0 aliphatic carbocycles. The van der Waals surface area contributed by atoms with Crippen LogP contribution in [0, 0.1) is 0 Å². The summed E-state index contributed by atoms with van der Waals surface area (Å²) >= 11 is 13.1. The molecule has 0 aliphatic rings. The Morgan fingerprint density at radius 2 is 0.633 bits per heavy atom. The number of fused-ring (bicyclic) bond motifs is 6. The van der Waals surface area contributed by atoms with Gasteiger partial charge in [0.1, 0.15) is 0 Å². The third-order valence-electron chi connectivity index (χ3n) is 11.2. The van der Waals surface area contributed by atoms with Gasteiger partial charge in [-0.2, -0.15) is 0 Å². The molecule has 8 rings (SSSR count). The summed E-state index contributed by atoms with van der Waals surface area (Å²) in [6.07, 6.45) is 0. The molecule has 4 N–H and O–H groups in total. The quantitative estimate of drug-likeness (QED) is 0.143. The van der Waals surface area contributed by atoms with Crippen molar-refractivity contribution in [2.75, 3.05) is 10.6 Å². The van der Waals surface area contributed by atoms with E-state index in [1.807, 2.05) is 26.0 Å². The van der Waals surface area contributed by atoms with Crippen LogP contribution < -0.4 is 10.6 Å². The minimum Gasteiger partial charge on any atom is -0.354 e. The number of hydrogen-bond donors (Lipinski definition) is 4. The first-order valence-electron chi connectivity index (χ1n) is 21.3. The lowest BCUT2D eigenvalue weighted by atomic mass is 9.86. The Morgan fingerprint density at radius 3 is 0.933 bits per heavy atom. The Labute approximate surface area is 368 Å². The Kier molecular flexibility index (Phi) is 12.6. The van der Waals surface area contributed by atoms with Crippen LogP contribution in [-0.2, 0) is 21.7 Å². The molecular formula is C54H64Cl2N4. The number of aromatic amines is 2. The molecular weight excluding hydrogens is 776 g/mol. The van der Waals surface area contributed by atoms with E-state index in [0.717, 1.165) is 22.7 Å². The molecule has 2 aromatic heterocycles. The normalized spacial score (nSPS) is 12.3. The third kappa shape index (κ3) is 9.83. The second kappa shape index (κ2) is 16.9. The van der Waals surface area contributed by atoms with Gasteiger partial charge in [0.15, 0.2) is 0 Å². The first kappa shape index (κ1) is 44.6. The Hall–Kier alpha value is -4.90. The van der Waals surface area contributed by atoms with Crippen molar-refractivity contribution in [2.45, 2.75) is 119 Å². The minimum absolute atomic E-state index is 0.123. The second-order valence-electron chi connectivity index (χ2n) is 19.9. The number of rotatable bonds is 4. The highest BCUT2D eigenvalue weighted by atomic mass is 35.5. The summed E-state index contributed by atoms with van der Waals surface area (Å²) in [4.78, 5) is 7.27. The zero-order valence-electron chi connectivity index (χ0n) is 38.1. The van der Waals surface area contributed by atoms with Crippen LogP contribution in [0.15, 0.2) is 109 Å². The predicted octanol–water partition coefficient (Wildman–Crippen LogP) is 17.7. The topological polar surface area (TPSA) is 55.6 Å². The third-order valence-corrected chi connectivity index (χ3v) is 11.8. The van der Waals surface area contributed by atoms with Gasteiger partial charge in [0, 0.05) is 55.0 Å². The lowest BCUT2D eigenvalue weighted by Crippen LogP contribution is -2.10. The van der Waals surface area contributed by atoms with Gasteiger partial charge in [-0.3, -0.25) is 0 Å². The van der Waals surface area contributed by atoms with Gasteiger partial charge in [0.25, 0.3) is 0 Å². The first-order valence-corrected chi connectivity index (χ1v) is 22.1. The van der Waals surface area contributed by atoms with Gasteiger partial charge in [-0.15, -0.1) is 0 Å². The maximum absolute atomic E-state index is 6.55. The maximum atomic E-state index is 6.55. The summed E-state index contributed by atoms with van der Waals surface area (Å²) in [7, 11) is 0. The van der Waals surface area contributed by atoms with E-state index in [2.05, 4.69) is 201 Å². The van der Waals surface area contributed by atoms with Crippen molar-refractivity contribution in [1.29, 1.82) is 0 Å². The van der Waals surface area contributed by atoms with Crippen molar-refractivity contribution in [3.63, 3.8) is 0 Å². The number of benzene rings is 6. The smallest absolute Gasteiger partial charge is 0.0662 e. The maximum Gasteiger partial charge on any atom is 0.0662 e. The van der Waals surface area contributed by atoms with Crippen molar-refractivity contribution < 1.29 is 0 Å². The van der Waals surface area contributed by atoms with E-state index in [1.54, 1.807) is 0 Å². The van der Waals surface area contributed by atoms with Gasteiger partial charge < -0.3 is 20.6 Å². The van der Waals surface area contributed by atoms with Crippen LogP contribution in [0.1, 0.15) is 119 Å². The van der Waals surface area contributed by atoms with Crippen LogP contribution in [0.5, 0.6) is 0 Å². The zero-order valence-corrected chi connectivity index (χ0v) is 39.7. The number of H-pyrrole nitrogens is 2. The van der Waals surface area contributed by atoms with Gasteiger partial charge in [-0.1, -0.05) is 157 Å². The van der Waals surface area contributed by atoms with Crippen LogP contribution in [0.2, 0.25) is 10.0 Å². The van der Waals surface area contributed by atoms with E-state index >= 15 is 0 Å². The minimum atomic E-state index is 0.123. The van der Waals surface area contributed by atoms with Gasteiger partial charge in [-0.25, -0.2) is 0 Å². The van der Waals surface area contributed by atoms with Crippen LogP contribution in [-0.4, -0.2) is 9.97 Å². The van der Waals surface area contributed by atoms with Crippen molar-refractivity contribution in [3.05, 3.63) is 141 Å². The standard InChI is InChI=1S/C26H30Cl2N2.C26H28N2.C2H6/c1-25(2,3)17-7-11-19(12-8-17)29-23-15-22(28)24(16-21(23)27)30-20-13-9-18(10-14-20)26(4,5)6;1-25(2,3)15-7-9-21-17(11-15)19-13-24-20(14-23(19)27-21)18-12-16(26(4,5)6)8-10-22(18)28-24;1-2/h7-16,29-30H,1-6H3;7-14,27-28H,1-6H3;1-2H3. The monoisotopic (exact) mass is 838 g/mol.